The number of esters is 1. The molecule has 0 saturated carbocycles. The topological polar surface area (TPSA) is 122 Å². The lowest BCUT2D eigenvalue weighted by molar-refractivity contribution is -0.148. The van der Waals surface area contributed by atoms with Crippen LogP contribution < -0.4 is 5.32 Å². The van der Waals surface area contributed by atoms with Crippen LogP contribution in [-0.2, 0) is 37.1 Å². The summed E-state index contributed by atoms with van der Waals surface area (Å²) in [5, 5.41) is 12.1. The number of ether oxygens (including phenoxy) is 3. The van der Waals surface area contributed by atoms with Gasteiger partial charge in [-0.3, -0.25) is 9.59 Å². The number of rotatable bonds is 22. The van der Waals surface area contributed by atoms with Crippen LogP contribution in [0.25, 0.3) is 0 Å². The first kappa shape index (κ1) is 39.3. The van der Waals surface area contributed by atoms with Gasteiger partial charge in [-0.15, -0.1) is 0 Å². The first-order valence-corrected chi connectivity index (χ1v) is 19.2. The number of aliphatic hydroxyl groups is 1. The molecular formula is C26H57NO9Si2. The molecule has 0 fully saturated rings. The van der Waals surface area contributed by atoms with Crippen molar-refractivity contribution in [1.29, 1.82) is 0 Å². The van der Waals surface area contributed by atoms with Crippen molar-refractivity contribution in [2.45, 2.75) is 78.6 Å². The number of hydrogen-bond donors (Lipinski definition) is 2. The van der Waals surface area contributed by atoms with Crippen molar-refractivity contribution in [3.8, 4) is 0 Å². The van der Waals surface area contributed by atoms with Gasteiger partial charge in [0, 0.05) is 33.8 Å². The molecule has 0 aromatic rings. The van der Waals surface area contributed by atoms with Crippen LogP contribution in [0.1, 0.15) is 53.4 Å². The highest BCUT2D eigenvalue weighted by Crippen LogP contribution is 2.17. The van der Waals surface area contributed by atoms with Gasteiger partial charge in [-0.1, -0.05) is 27.7 Å². The zero-order valence-corrected chi connectivity index (χ0v) is 27.6. The Morgan fingerprint density at radius 1 is 0.816 bits per heavy atom. The van der Waals surface area contributed by atoms with Crippen molar-refractivity contribution < 1.29 is 42.2 Å². The van der Waals surface area contributed by atoms with Crippen molar-refractivity contribution in [2.24, 2.45) is 11.8 Å². The Labute approximate surface area is 233 Å². The fourth-order valence-electron chi connectivity index (χ4n) is 3.02. The van der Waals surface area contributed by atoms with Gasteiger partial charge < -0.3 is 37.9 Å². The van der Waals surface area contributed by atoms with Crippen LogP contribution in [0.2, 0.25) is 25.2 Å². The van der Waals surface area contributed by atoms with Crippen LogP contribution in [0.3, 0.4) is 0 Å². The van der Waals surface area contributed by atoms with Gasteiger partial charge in [-0.25, -0.2) is 0 Å². The van der Waals surface area contributed by atoms with Gasteiger partial charge >= 0.3 is 14.5 Å². The molecule has 0 aliphatic rings. The van der Waals surface area contributed by atoms with E-state index in [0.717, 1.165) is 37.8 Å². The summed E-state index contributed by atoms with van der Waals surface area (Å²) in [4.78, 5) is 23.1. The van der Waals surface area contributed by atoms with E-state index in [9.17, 15) is 9.59 Å². The Hall–Kier alpha value is -0.866. The van der Waals surface area contributed by atoms with Crippen molar-refractivity contribution in [3.05, 3.63) is 0 Å². The quantitative estimate of drug-likeness (QED) is 0.112. The lowest BCUT2D eigenvalue weighted by Crippen LogP contribution is -2.40. The minimum absolute atomic E-state index is 0.0421. The maximum atomic E-state index is 11.6. The molecule has 3 unspecified atom stereocenters. The maximum absolute atomic E-state index is 11.6. The van der Waals surface area contributed by atoms with Gasteiger partial charge in [-0.2, -0.15) is 0 Å². The summed E-state index contributed by atoms with van der Waals surface area (Å²) in [6.07, 6.45) is 3.42. The molecule has 3 atom stereocenters. The number of carbonyl (C=O) groups is 2. The average molecular weight is 584 g/mol. The van der Waals surface area contributed by atoms with Crippen LogP contribution in [0.5, 0.6) is 0 Å². The zero-order valence-electron chi connectivity index (χ0n) is 25.6. The molecule has 38 heavy (non-hydrogen) atoms. The van der Waals surface area contributed by atoms with E-state index in [2.05, 4.69) is 5.32 Å². The highest BCUT2D eigenvalue weighted by molar-refractivity contribution is 6.72. The molecule has 12 heteroatoms. The van der Waals surface area contributed by atoms with Gasteiger partial charge in [0.25, 0.3) is 0 Å². The van der Waals surface area contributed by atoms with E-state index in [4.69, 9.17) is 32.6 Å². The summed E-state index contributed by atoms with van der Waals surface area (Å²) in [6.45, 7) is 15.0. The molecule has 0 aliphatic carbocycles. The fraction of sp³-hybridized carbons (Fsp3) is 0.923. The monoisotopic (exact) mass is 583 g/mol. The van der Waals surface area contributed by atoms with E-state index in [1.165, 1.54) is 0 Å². The second-order valence-electron chi connectivity index (χ2n) is 9.91. The fourth-order valence-corrected chi connectivity index (χ4v) is 6.63. The van der Waals surface area contributed by atoms with Crippen molar-refractivity contribution >= 4 is 28.8 Å². The highest BCUT2D eigenvalue weighted by atomic mass is 28.4. The van der Waals surface area contributed by atoms with Gasteiger partial charge in [-0.05, 0) is 50.9 Å². The molecule has 0 spiro atoms. The van der Waals surface area contributed by atoms with Crippen LogP contribution >= 0.6 is 0 Å². The minimum atomic E-state index is -2.28. The Bertz CT molecular complexity index is 585. The average Bonchev–Trinajstić information content (AvgIpc) is 2.92. The van der Waals surface area contributed by atoms with E-state index in [0.29, 0.717) is 39.6 Å². The van der Waals surface area contributed by atoms with Gasteiger partial charge in [0.15, 0.2) is 0 Å². The molecule has 0 saturated heterocycles. The minimum Gasteiger partial charge on any atom is -0.465 e. The molecule has 0 aliphatic heterocycles. The maximum Gasteiger partial charge on any atom is 0.335 e. The number of nitrogens with one attached hydrogen (secondary N) is 1. The summed E-state index contributed by atoms with van der Waals surface area (Å²) in [6, 6.07) is 1.65. The van der Waals surface area contributed by atoms with Gasteiger partial charge in [0.1, 0.15) is 0 Å². The van der Waals surface area contributed by atoms with Crippen molar-refractivity contribution in [2.75, 3.05) is 67.1 Å². The van der Waals surface area contributed by atoms with E-state index >= 15 is 0 Å². The van der Waals surface area contributed by atoms with Crippen LogP contribution in [-0.4, -0.2) is 101 Å². The number of hydrogen-bond acceptors (Lipinski definition) is 9. The van der Waals surface area contributed by atoms with E-state index in [-0.39, 0.29) is 29.9 Å². The normalized spacial score (nSPS) is 14.6. The molecule has 0 rings (SSSR count). The Morgan fingerprint density at radius 3 is 1.82 bits per heavy atom. The van der Waals surface area contributed by atoms with Gasteiger partial charge in [0.2, 0.25) is 14.2 Å². The standard InChI is InChI=1S/C15H32O6Si.C11H25NO3Si/c1-6-14(2)15(16)19-8-7-13-22(5,20-11-9-17-3)21-12-10-18-4;1-5-10(2)11(14)12-7-6-8-16(4,9-13)15-3/h14H,6-13H2,1-5H3;10,13H,5-9H2,1-4H3,(H,12,14). The Morgan fingerprint density at radius 2 is 1.37 bits per heavy atom. The van der Waals surface area contributed by atoms with E-state index < -0.39 is 16.9 Å². The second kappa shape index (κ2) is 24.0. The molecule has 0 aromatic carbocycles. The predicted molar refractivity (Wildman–Crippen MR) is 155 cm³/mol. The number of methoxy groups -OCH3 is 2. The molecule has 0 bridgehead atoms. The lowest BCUT2D eigenvalue weighted by atomic mass is 10.1. The van der Waals surface area contributed by atoms with Crippen LogP contribution in [0.15, 0.2) is 0 Å². The summed E-state index contributed by atoms with van der Waals surface area (Å²) in [5.74, 6) is 0.0298. The first-order chi connectivity index (χ1) is 18.0. The molecule has 1 amide bonds. The second-order valence-corrected chi connectivity index (χ2v) is 17.4. The molecule has 2 N–H and O–H groups in total. The molecule has 0 radical (unpaired) electrons. The summed E-state index contributed by atoms with van der Waals surface area (Å²) in [5.41, 5.74) is 0. The van der Waals surface area contributed by atoms with Crippen LogP contribution in [0.4, 0.5) is 0 Å². The smallest absolute Gasteiger partial charge is 0.335 e. The highest BCUT2D eigenvalue weighted by Gasteiger charge is 2.31. The molecule has 10 nitrogen and oxygen atoms in total. The van der Waals surface area contributed by atoms with Crippen molar-refractivity contribution in [3.63, 3.8) is 0 Å². The van der Waals surface area contributed by atoms with E-state index in [1.807, 2.05) is 40.8 Å². The third-order valence-electron chi connectivity index (χ3n) is 6.49. The number of aliphatic hydroxyl groups excluding tert-OH is 1. The number of amides is 1. The summed E-state index contributed by atoms with van der Waals surface area (Å²) >= 11 is 0. The van der Waals surface area contributed by atoms with Gasteiger partial charge in [0.05, 0.1) is 45.2 Å². The summed E-state index contributed by atoms with van der Waals surface area (Å²) in [7, 11) is 0.752. The largest absolute Gasteiger partial charge is 0.465 e. The molecule has 228 valence electrons. The lowest BCUT2D eigenvalue weighted by Gasteiger charge is -2.27. The summed E-state index contributed by atoms with van der Waals surface area (Å²) < 4.78 is 32.4. The number of carbonyl (C=O) groups excluding carboxylic acids is 2. The predicted octanol–water partition coefficient (Wildman–Crippen LogP) is 3.66. The third-order valence-corrected chi connectivity index (χ3v) is 12.4. The molecule has 0 aromatic heterocycles. The Balaban J connectivity index is 0. The SMILES string of the molecule is CCC(C)C(=O)NCCC[Si](C)(CO)OC.CCC(C)C(=O)OCCC[Si](C)(OCCOC)OCCOC. The van der Waals surface area contributed by atoms with E-state index in [1.54, 1.807) is 21.3 Å². The zero-order chi connectivity index (χ0) is 29.5. The van der Waals surface area contributed by atoms with Crippen molar-refractivity contribution in [1.82, 2.24) is 5.32 Å². The molecular weight excluding hydrogens is 526 g/mol. The van der Waals surface area contributed by atoms with Crippen LogP contribution in [0, 0.1) is 11.8 Å². The molecule has 0 heterocycles. The first-order valence-electron chi connectivity index (χ1n) is 13.8. The third kappa shape index (κ3) is 20.1. The Kier molecular flexibility index (Phi) is 24.8.